The first-order valence-electron chi connectivity index (χ1n) is 6.65. The molecule has 118 valence electrons. The van der Waals surface area contributed by atoms with E-state index in [0.717, 1.165) is 0 Å². The molecule has 0 saturated carbocycles. The maximum atomic E-state index is 12.0. The molecule has 1 amide bonds. The number of hydrogen-bond donors (Lipinski definition) is 3. The summed E-state index contributed by atoms with van der Waals surface area (Å²) in [5, 5.41) is 19.1. The Labute approximate surface area is 137 Å². The fourth-order valence-electron chi connectivity index (χ4n) is 1.89. The number of nitrogens with one attached hydrogen (secondary N) is 3. The van der Waals surface area contributed by atoms with Gasteiger partial charge < -0.3 is 10.6 Å². The summed E-state index contributed by atoms with van der Waals surface area (Å²) in [4.78, 5) is 22.4. The first-order valence-corrected chi connectivity index (χ1v) is 7.05. The maximum Gasteiger partial charge on any atom is 0.271 e. The molecule has 0 aliphatic rings. The highest BCUT2D eigenvalue weighted by molar-refractivity contribution is 7.80. The van der Waals surface area contributed by atoms with Crippen molar-refractivity contribution < 1.29 is 9.72 Å². The van der Waals surface area contributed by atoms with E-state index in [0.29, 0.717) is 16.9 Å². The number of hydrogen-bond acceptors (Lipinski definition) is 5. The number of benzene rings is 2. The fourth-order valence-corrected chi connectivity index (χ4v) is 2.09. The molecule has 0 saturated heterocycles. The molecule has 0 heterocycles. The minimum Gasteiger partial charge on any atom is -0.386 e. The van der Waals surface area contributed by atoms with Crippen molar-refractivity contribution in [1.29, 1.82) is 0 Å². The highest BCUT2D eigenvalue weighted by atomic mass is 32.1. The topological polar surface area (TPSA) is 96.3 Å². The smallest absolute Gasteiger partial charge is 0.271 e. The summed E-state index contributed by atoms with van der Waals surface area (Å²) in [6.45, 7) is 0. The van der Waals surface area contributed by atoms with Crippen LogP contribution in [0.15, 0.2) is 48.5 Å². The number of carbonyl (C=O) groups is 1. The van der Waals surface area contributed by atoms with Crippen molar-refractivity contribution in [3.8, 4) is 0 Å². The Morgan fingerprint density at radius 3 is 2.43 bits per heavy atom. The number of thiocarbonyl (C=S) groups is 1. The Hall–Kier alpha value is -3.00. The van der Waals surface area contributed by atoms with Crippen LogP contribution in [0.3, 0.4) is 0 Å². The van der Waals surface area contributed by atoms with Crippen LogP contribution in [0.2, 0.25) is 0 Å². The van der Waals surface area contributed by atoms with E-state index in [4.69, 9.17) is 12.2 Å². The Bertz CT molecular complexity index is 750. The molecule has 2 aromatic carbocycles. The van der Waals surface area contributed by atoms with Gasteiger partial charge in [0, 0.05) is 24.7 Å². The standard InChI is InChI=1S/C15H14N4O3S/c1-16-12-8-7-11(19(21)22)9-13(12)17-15(23)18-14(20)10-5-3-2-4-6-10/h2-9,16H,1H3,(H2,17,18,20,23). The summed E-state index contributed by atoms with van der Waals surface area (Å²) in [5.74, 6) is -0.362. The zero-order valence-corrected chi connectivity index (χ0v) is 13.0. The molecule has 0 atom stereocenters. The first-order chi connectivity index (χ1) is 11.0. The first kappa shape index (κ1) is 16.4. The monoisotopic (exact) mass is 330 g/mol. The molecular weight excluding hydrogens is 316 g/mol. The summed E-state index contributed by atoms with van der Waals surface area (Å²) >= 11 is 5.09. The minimum atomic E-state index is -0.504. The second-order valence-corrected chi connectivity index (χ2v) is 4.92. The van der Waals surface area contributed by atoms with Gasteiger partial charge in [0.2, 0.25) is 0 Å². The van der Waals surface area contributed by atoms with Gasteiger partial charge in [-0.15, -0.1) is 0 Å². The molecule has 0 aliphatic carbocycles. The van der Waals surface area contributed by atoms with E-state index in [1.165, 1.54) is 12.1 Å². The SMILES string of the molecule is CNc1ccc([N+](=O)[O-])cc1NC(=S)NC(=O)c1ccccc1. The summed E-state index contributed by atoms with van der Waals surface area (Å²) < 4.78 is 0. The fraction of sp³-hybridized carbons (Fsp3) is 0.0667. The van der Waals surface area contributed by atoms with Crippen LogP contribution >= 0.6 is 12.2 Å². The zero-order valence-electron chi connectivity index (χ0n) is 12.2. The molecule has 0 aromatic heterocycles. The quantitative estimate of drug-likeness (QED) is 0.453. The van der Waals surface area contributed by atoms with Crippen LogP contribution in [0.4, 0.5) is 17.1 Å². The molecule has 0 spiro atoms. The summed E-state index contributed by atoms with van der Waals surface area (Å²) in [5.41, 5.74) is 1.40. The molecule has 2 aromatic rings. The van der Waals surface area contributed by atoms with Gasteiger partial charge in [0.1, 0.15) is 0 Å². The molecule has 8 heteroatoms. The molecule has 0 unspecified atom stereocenters. The van der Waals surface area contributed by atoms with Crippen molar-refractivity contribution in [3.63, 3.8) is 0 Å². The van der Waals surface area contributed by atoms with Crippen molar-refractivity contribution in [2.45, 2.75) is 0 Å². The van der Waals surface area contributed by atoms with Gasteiger partial charge in [-0.2, -0.15) is 0 Å². The van der Waals surface area contributed by atoms with Crippen molar-refractivity contribution in [3.05, 3.63) is 64.2 Å². The van der Waals surface area contributed by atoms with Gasteiger partial charge in [-0.1, -0.05) is 18.2 Å². The molecule has 2 rings (SSSR count). The molecule has 0 aliphatic heterocycles. The largest absolute Gasteiger partial charge is 0.386 e. The van der Waals surface area contributed by atoms with Gasteiger partial charge in [-0.25, -0.2) is 0 Å². The van der Waals surface area contributed by atoms with Crippen LogP contribution in [-0.2, 0) is 0 Å². The van der Waals surface area contributed by atoms with Crippen molar-refractivity contribution >= 4 is 40.3 Å². The molecule has 0 radical (unpaired) electrons. The number of amides is 1. The van der Waals surface area contributed by atoms with Crippen molar-refractivity contribution in [1.82, 2.24) is 5.32 Å². The summed E-state index contributed by atoms with van der Waals surface area (Å²) in [6.07, 6.45) is 0. The third-order valence-electron chi connectivity index (χ3n) is 2.99. The molecule has 23 heavy (non-hydrogen) atoms. The average Bonchev–Trinajstić information content (AvgIpc) is 2.55. The van der Waals surface area contributed by atoms with Crippen molar-refractivity contribution in [2.75, 3.05) is 17.7 Å². The van der Waals surface area contributed by atoms with E-state index < -0.39 is 4.92 Å². The van der Waals surface area contributed by atoms with Gasteiger partial charge in [-0.05, 0) is 30.4 Å². The predicted octanol–water partition coefficient (Wildman–Crippen LogP) is 2.76. The lowest BCUT2D eigenvalue weighted by atomic mass is 10.2. The Morgan fingerprint density at radius 2 is 1.83 bits per heavy atom. The normalized spacial score (nSPS) is 9.78. The molecule has 3 N–H and O–H groups in total. The van der Waals surface area contributed by atoms with E-state index >= 15 is 0 Å². The third kappa shape index (κ3) is 4.24. The summed E-state index contributed by atoms with van der Waals surface area (Å²) in [7, 11) is 1.68. The molecule has 0 bridgehead atoms. The number of anilines is 2. The van der Waals surface area contributed by atoms with Crippen LogP contribution in [0, 0.1) is 10.1 Å². The number of carbonyl (C=O) groups excluding carboxylic acids is 1. The second-order valence-electron chi connectivity index (χ2n) is 4.51. The predicted molar refractivity (Wildman–Crippen MR) is 92.8 cm³/mol. The highest BCUT2D eigenvalue weighted by Gasteiger charge is 2.13. The highest BCUT2D eigenvalue weighted by Crippen LogP contribution is 2.26. The minimum absolute atomic E-state index is 0.0517. The Morgan fingerprint density at radius 1 is 1.13 bits per heavy atom. The number of nitro groups is 1. The van der Waals surface area contributed by atoms with Gasteiger partial charge in [0.15, 0.2) is 5.11 Å². The number of non-ortho nitro benzene ring substituents is 1. The third-order valence-corrected chi connectivity index (χ3v) is 3.20. The van der Waals surface area contributed by atoms with Gasteiger partial charge >= 0.3 is 0 Å². The van der Waals surface area contributed by atoms with Gasteiger partial charge in [-0.3, -0.25) is 20.2 Å². The lowest BCUT2D eigenvalue weighted by molar-refractivity contribution is -0.384. The van der Waals surface area contributed by atoms with E-state index in [-0.39, 0.29) is 16.7 Å². The number of nitro benzene ring substituents is 1. The average molecular weight is 330 g/mol. The van der Waals surface area contributed by atoms with Crippen LogP contribution in [-0.4, -0.2) is 23.0 Å². The number of rotatable bonds is 4. The number of nitrogens with zero attached hydrogens (tertiary/aromatic N) is 1. The van der Waals surface area contributed by atoms with Crippen LogP contribution in [0.25, 0.3) is 0 Å². The van der Waals surface area contributed by atoms with Gasteiger partial charge in [0.25, 0.3) is 11.6 Å². The summed E-state index contributed by atoms with van der Waals surface area (Å²) in [6, 6.07) is 12.9. The van der Waals surface area contributed by atoms with Crippen LogP contribution < -0.4 is 16.0 Å². The molecule has 7 nitrogen and oxygen atoms in total. The van der Waals surface area contributed by atoms with E-state index in [1.807, 2.05) is 0 Å². The zero-order chi connectivity index (χ0) is 16.8. The second kappa shape index (κ2) is 7.32. The van der Waals surface area contributed by atoms with E-state index in [2.05, 4.69) is 16.0 Å². The van der Waals surface area contributed by atoms with Crippen LogP contribution in [0.5, 0.6) is 0 Å². The maximum absolute atomic E-state index is 12.0. The van der Waals surface area contributed by atoms with Crippen LogP contribution in [0.1, 0.15) is 10.4 Å². The van der Waals surface area contributed by atoms with Crippen molar-refractivity contribution in [2.24, 2.45) is 0 Å². The lowest BCUT2D eigenvalue weighted by Gasteiger charge is -2.13. The van der Waals surface area contributed by atoms with E-state index in [1.54, 1.807) is 43.4 Å². The Kier molecular flexibility index (Phi) is 5.21. The Balaban J connectivity index is 2.12. The molecular formula is C15H14N4O3S. The lowest BCUT2D eigenvalue weighted by Crippen LogP contribution is -2.34. The van der Waals surface area contributed by atoms with Gasteiger partial charge in [0.05, 0.1) is 16.3 Å². The molecule has 0 fully saturated rings. The van der Waals surface area contributed by atoms with E-state index in [9.17, 15) is 14.9 Å².